The fourth-order valence-corrected chi connectivity index (χ4v) is 3.78. The molecule has 2 aromatic heterocycles. The van der Waals surface area contributed by atoms with Crippen LogP contribution in [0.3, 0.4) is 0 Å². The van der Waals surface area contributed by atoms with E-state index in [0.717, 1.165) is 10.4 Å². The van der Waals surface area contributed by atoms with Crippen molar-refractivity contribution in [3.8, 4) is 11.4 Å². The molecule has 0 radical (unpaired) electrons. The minimum Gasteiger partial charge on any atom is -0.342 e. The molecule has 7 nitrogen and oxygen atoms in total. The van der Waals surface area contributed by atoms with E-state index < -0.39 is 5.91 Å². The van der Waals surface area contributed by atoms with Crippen LogP contribution >= 0.6 is 22.9 Å². The van der Waals surface area contributed by atoms with E-state index in [2.05, 4.69) is 20.8 Å². The smallest absolute Gasteiger partial charge is 0.268 e. The Bertz CT molecular complexity index is 1300. The highest BCUT2D eigenvalue weighted by Gasteiger charge is 2.17. The summed E-state index contributed by atoms with van der Waals surface area (Å²) in [6.07, 6.45) is 1.62. The summed E-state index contributed by atoms with van der Waals surface area (Å²) >= 11 is 7.62. The standard InChI is InChI=1S/C24H19ClN4O3S/c1-15-8-10-16(11-9-15)23(30)27-20(13-17-5-4-12-33-17)24(31)26-14-21-28-22(29-32-21)18-6-2-3-7-19(18)25/h2-13H,14H2,1H3,(H,26,31)(H,27,30)/b20-13-. The van der Waals surface area contributed by atoms with E-state index in [4.69, 9.17) is 16.1 Å². The summed E-state index contributed by atoms with van der Waals surface area (Å²) in [6, 6.07) is 17.9. The van der Waals surface area contributed by atoms with Crippen molar-refractivity contribution < 1.29 is 14.1 Å². The number of halogens is 1. The van der Waals surface area contributed by atoms with Crippen LogP contribution in [-0.4, -0.2) is 22.0 Å². The first-order chi connectivity index (χ1) is 16.0. The molecule has 0 aliphatic rings. The van der Waals surface area contributed by atoms with Crippen LogP contribution in [0.4, 0.5) is 0 Å². The number of nitrogens with zero attached hydrogens (tertiary/aromatic N) is 2. The topological polar surface area (TPSA) is 97.1 Å². The summed E-state index contributed by atoms with van der Waals surface area (Å²) in [5.41, 5.74) is 2.22. The van der Waals surface area contributed by atoms with Crippen molar-refractivity contribution in [3.63, 3.8) is 0 Å². The Morgan fingerprint density at radius 1 is 1.09 bits per heavy atom. The van der Waals surface area contributed by atoms with Gasteiger partial charge >= 0.3 is 0 Å². The fourth-order valence-electron chi connectivity index (χ4n) is 2.90. The Hall–Kier alpha value is -3.75. The maximum absolute atomic E-state index is 12.9. The Morgan fingerprint density at radius 2 is 1.88 bits per heavy atom. The normalized spacial score (nSPS) is 11.3. The first-order valence-electron chi connectivity index (χ1n) is 9.98. The average molecular weight is 479 g/mol. The first-order valence-corrected chi connectivity index (χ1v) is 11.2. The van der Waals surface area contributed by atoms with Crippen molar-refractivity contribution in [2.45, 2.75) is 13.5 Å². The monoisotopic (exact) mass is 478 g/mol. The predicted octanol–water partition coefficient (Wildman–Crippen LogP) is 4.85. The van der Waals surface area contributed by atoms with Crippen LogP contribution in [0.15, 0.2) is 76.3 Å². The van der Waals surface area contributed by atoms with E-state index in [1.54, 1.807) is 36.4 Å². The highest BCUT2D eigenvalue weighted by atomic mass is 35.5. The number of thiophene rings is 1. The minimum atomic E-state index is -0.485. The molecule has 9 heteroatoms. The van der Waals surface area contributed by atoms with Gasteiger partial charge in [-0.3, -0.25) is 9.59 Å². The molecular formula is C24H19ClN4O3S. The summed E-state index contributed by atoms with van der Waals surface area (Å²) in [4.78, 5) is 30.7. The summed E-state index contributed by atoms with van der Waals surface area (Å²) in [6.45, 7) is 1.92. The second kappa shape index (κ2) is 10.2. The Morgan fingerprint density at radius 3 is 2.61 bits per heavy atom. The van der Waals surface area contributed by atoms with E-state index in [-0.39, 0.29) is 24.0 Å². The molecule has 33 heavy (non-hydrogen) atoms. The molecule has 0 atom stereocenters. The van der Waals surface area contributed by atoms with Crippen molar-refractivity contribution in [1.82, 2.24) is 20.8 Å². The Kier molecular flexibility index (Phi) is 6.97. The lowest BCUT2D eigenvalue weighted by Gasteiger charge is -2.10. The molecule has 2 amide bonds. The van der Waals surface area contributed by atoms with Crippen molar-refractivity contribution in [3.05, 3.63) is 98.7 Å². The van der Waals surface area contributed by atoms with Crippen molar-refractivity contribution in [1.29, 1.82) is 0 Å². The summed E-state index contributed by atoms with van der Waals surface area (Å²) in [5, 5.41) is 11.7. The van der Waals surface area contributed by atoms with E-state index in [9.17, 15) is 9.59 Å². The van der Waals surface area contributed by atoms with Gasteiger partial charge in [0.1, 0.15) is 5.70 Å². The zero-order chi connectivity index (χ0) is 23.2. The molecule has 2 heterocycles. The van der Waals surface area contributed by atoms with Gasteiger partial charge in [-0.2, -0.15) is 4.98 Å². The largest absolute Gasteiger partial charge is 0.342 e. The number of rotatable bonds is 7. The molecule has 0 aliphatic carbocycles. The average Bonchev–Trinajstić information content (AvgIpc) is 3.50. The van der Waals surface area contributed by atoms with Gasteiger partial charge in [0.05, 0.1) is 11.6 Å². The molecule has 0 saturated carbocycles. The molecule has 166 valence electrons. The Labute approximate surface area is 199 Å². The molecular weight excluding hydrogens is 460 g/mol. The van der Waals surface area contributed by atoms with Gasteiger partial charge in [0.2, 0.25) is 11.7 Å². The van der Waals surface area contributed by atoms with Gasteiger partial charge in [0, 0.05) is 16.0 Å². The third kappa shape index (κ3) is 5.74. The molecule has 0 spiro atoms. The lowest BCUT2D eigenvalue weighted by molar-refractivity contribution is -0.118. The van der Waals surface area contributed by atoms with E-state index in [0.29, 0.717) is 22.0 Å². The number of nitrogens with one attached hydrogen (secondary N) is 2. The number of aryl methyl sites for hydroxylation is 1. The van der Waals surface area contributed by atoms with Gasteiger partial charge in [-0.25, -0.2) is 0 Å². The number of hydrogen-bond acceptors (Lipinski definition) is 6. The molecule has 0 unspecified atom stereocenters. The van der Waals surface area contributed by atoms with Gasteiger partial charge in [0.15, 0.2) is 0 Å². The molecule has 0 bridgehead atoms. The first kappa shape index (κ1) is 22.4. The zero-order valence-electron chi connectivity index (χ0n) is 17.5. The maximum atomic E-state index is 12.9. The molecule has 0 saturated heterocycles. The van der Waals surface area contributed by atoms with Crippen molar-refractivity contribution in [2.24, 2.45) is 0 Å². The van der Waals surface area contributed by atoms with Gasteiger partial charge in [-0.15, -0.1) is 11.3 Å². The fraction of sp³-hybridized carbons (Fsp3) is 0.0833. The summed E-state index contributed by atoms with van der Waals surface area (Å²) in [7, 11) is 0. The van der Waals surface area contributed by atoms with E-state index >= 15 is 0 Å². The molecule has 0 fully saturated rings. The minimum absolute atomic E-state index is 0.0154. The Balaban J connectivity index is 1.47. The van der Waals surface area contributed by atoms with Gasteiger partial charge in [-0.05, 0) is 48.7 Å². The molecule has 4 aromatic rings. The van der Waals surface area contributed by atoms with Crippen LogP contribution < -0.4 is 10.6 Å². The van der Waals surface area contributed by atoms with Crippen LogP contribution in [0.2, 0.25) is 5.02 Å². The third-order valence-corrected chi connectivity index (χ3v) is 5.77. The van der Waals surface area contributed by atoms with Crippen molar-refractivity contribution >= 4 is 40.8 Å². The van der Waals surface area contributed by atoms with Gasteiger partial charge < -0.3 is 15.2 Å². The molecule has 4 rings (SSSR count). The highest BCUT2D eigenvalue weighted by molar-refractivity contribution is 7.10. The zero-order valence-corrected chi connectivity index (χ0v) is 19.1. The molecule has 0 aliphatic heterocycles. The second-order valence-electron chi connectivity index (χ2n) is 7.07. The van der Waals surface area contributed by atoms with E-state index in [1.165, 1.54) is 11.3 Å². The van der Waals surface area contributed by atoms with Crippen LogP contribution in [0.5, 0.6) is 0 Å². The lowest BCUT2D eigenvalue weighted by atomic mass is 10.1. The summed E-state index contributed by atoms with van der Waals surface area (Å²) < 4.78 is 5.23. The van der Waals surface area contributed by atoms with Crippen LogP contribution in [0.1, 0.15) is 26.7 Å². The van der Waals surface area contributed by atoms with Gasteiger partial charge in [-0.1, -0.05) is 52.7 Å². The number of benzene rings is 2. The number of hydrogen-bond donors (Lipinski definition) is 2. The molecule has 2 N–H and O–H groups in total. The van der Waals surface area contributed by atoms with E-state index in [1.807, 2.05) is 42.6 Å². The van der Waals surface area contributed by atoms with Gasteiger partial charge in [0.25, 0.3) is 11.8 Å². The lowest BCUT2D eigenvalue weighted by Crippen LogP contribution is -2.34. The van der Waals surface area contributed by atoms with Crippen LogP contribution in [0.25, 0.3) is 17.5 Å². The number of aromatic nitrogens is 2. The summed E-state index contributed by atoms with van der Waals surface area (Å²) in [5.74, 6) is -0.335. The predicted molar refractivity (Wildman–Crippen MR) is 128 cm³/mol. The quantitative estimate of drug-likeness (QED) is 0.370. The maximum Gasteiger partial charge on any atom is 0.268 e. The number of carbonyl (C=O) groups is 2. The van der Waals surface area contributed by atoms with Crippen LogP contribution in [0, 0.1) is 6.92 Å². The molecule has 2 aromatic carbocycles. The van der Waals surface area contributed by atoms with Crippen molar-refractivity contribution in [2.75, 3.05) is 0 Å². The van der Waals surface area contributed by atoms with Crippen LogP contribution in [-0.2, 0) is 11.3 Å². The number of carbonyl (C=O) groups excluding carboxylic acids is 2. The SMILES string of the molecule is Cc1ccc(C(=O)N/C(=C\c2cccs2)C(=O)NCc2nc(-c3ccccc3Cl)no2)cc1. The third-order valence-electron chi connectivity index (χ3n) is 4.62. The number of amides is 2. The second-order valence-corrected chi connectivity index (χ2v) is 8.45. The highest BCUT2D eigenvalue weighted by Crippen LogP contribution is 2.24.